The number of morpholine rings is 1. The summed E-state index contributed by atoms with van der Waals surface area (Å²) in [4.78, 5) is 2.57. The third-order valence-electron chi connectivity index (χ3n) is 3.20. The van der Waals surface area contributed by atoms with Gasteiger partial charge in [-0.25, -0.2) is 0 Å². The minimum atomic E-state index is 0.720. The summed E-state index contributed by atoms with van der Waals surface area (Å²) in [6.07, 6.45) is 2.68. The van der Waals surface area contributed by atoms with Crippen molar-refractivity contribution in [3.05, 3.63) is 0 Å². The summed E-state index contributed by atoms with van der Waals surface area (Å²) in [6, 6.07) is 1.48. The molecule has 2 atom stereocenters. The lowest BCUT2D eigenvalue weighted by Crippen LogP contribution is -2.52. The summed E-state index contributed by atoms with van der Waals surface area (Å²) < 4.78 is 5.35. The fraction of sp³-hybridized carbons (Fsp3) is 1.00. The largest absolute Gasteiger partial charge is 0.379 e. The molecule has 2 heterocycles. The van der Waals surface area contributed by atoms with Crippen molar-refractivity contribution in [1.82, 2.24) is 10.2 Å². The van der Waals surface area contributed by atoms with E-state index in [1.54, 1.807) is 0 Å². The van der Waals surface area contributed by atoms with Crippen molar-refractivity contribution >= 4 is 0 Å². The van der Waals surface area contributed by atoms with E-state index in [2.05, 4.69) is 17.1 Å². The second-order valence-electron chi connectivity index (χ2n) is 4.19. The first-order chi connectivity index (χ1) is 6.36. The fourth-order valence-electron chi connectivity index (χ4n) is 2.24. The van der Waals surface area contributed by atoms with Gasteiger partial charge in [0.05, 0.1) is 13.2 Å². The normalized spacial score (nSPS) is 37.6. The quantitative estimate of drug-likeness (QED) is 0.641. The molecule has 0 spiro atoms. The summed E-state index contributed by atoms with van der Waals surface area (Å²) in [5, 5.41) is 3.55. The summed E-state index contributed by atoms with van der Waals surface area (Å²) >= 11 is 0. The Morgan fingerprint density at radius 1 is 1.23 bits per heavy atom. The van der Waals surface area contributed by atoms with Crippen LogP contribution in [0, 0.1) is 0 Å². The Bertz CT molecular complexity index is 149. The zero-order chi connectivity index (χ0) is 9.10. The summed E-state index contributed by atoms with van der Waals surface area (Å²) in [6.45, 7) is 7.54. The van der Waals surface area contributed by atoms with Crippen LogP contribution in [0.1, 0.15) is 19.8 Å². The minimum absolute atomic E-state index is 0.720. The monoisotopic (exact) mass is 184 g/mol. The van der Waals surface area contributed by atoms with Crippen molar-refractivity contribution in [3.8, 4) is 0 Å². The van der Waals surface area contributed by atoms with Gasteiger partial charge in [0.25, 0.3) is 0 Å². The molecule has 2 fully saturated rings. The van der Waals surface area contributed by atoms with Crippen LogP contribution in [0.5, 0.6) is 0 Å². The van der Waals surface area contributed by atoms with Gasteiger partial charge in [0.2, 0.25) is 0 Å². The Labute approximate surface area is 80.4 Å². The van der Waals surface area contributed by atoms with E-state index in [-0.39, 0.29) is 0 Å². The fourth-order valence-corrected chi connectivity index (χ4v) is 2.24. The van der Waals surface area contributed by atoms with Crippen molar-refractivity contribution < 1.29 is 4.74 Å². The molecule has 0 amide bonds. The van der Waals surface area contributed by atoms with Crippen LogP contribution in [0.3, 0.4) is 0 Å². The molecule has 2 rings (SSSR count). The highest BCUT2D eigenvalue weighted by atomic mass is 16.5. The van der Waals surface area contributed by atoms with E-state index in [4.69, 9.17) is 4.74 Å². The predicted molar refractivity (Wildman–Crippen MR) is 52.9 cm³/mol. The van der Waals surface area contributed by atoms with Gasteiger partial charge < -0.3 is 10.1 Å². The Hall–Kier alpha value is -0.120. The van der Waals surface area contributed by atoms with Crippen molar-refractivity contribution in [2.45, 2.75) is 31.8 Å². The average Bonchev–Trinajstić information content (AvgIpc) is 2.20. The van der Waals surface area contributed by atoms with Crippen molar-refractivity contribution in [1.29, 1.82) is 0 Å². The molecule has 0 aromatic heterocycles. The van der Waals surface area contributed by atoms with Crippen LogP contribution in [0.2, 0.25) is 0 Å². The third kappa shape index (κ3) is 2.42. The molecule has 3 nitrogen and oxygen atoms in total. The second-order valence-corrected chi connectivity index (χ2v) is 4.19. The molecule has 76 valence electrons. The van der Waals surface area contributed by atoms with Gasteiger partial charge in [-0.15, -0.1) is 0 Å². The maximum absolute atomic E-state index is 5.35. The smallest absolute Gasteiger partial charge is 0.0594 e. The minimum Gasteiger partial charge on any atom is -0.379 e. The van der Waals surface area contributed by atoms with Crippen LogP contribution in [0.4, 0.5) is 0 Å². The molecule has 2 saturated heterocycles. The number of ether oxygens (including phenoxy) is 1. The number of hydrogen-bond donors (Lipinski definition) is 1. The van der Waals surface area contributed by atoms with E-state index in [1.807, 2.05) is 0 Å². The Balaban J connectivity index is 1.79. The molecule has 2 aliphatic heterocycles. The van der Waals surface area contributed by atoms with Crippen LogP contribution in [-0.4, -0.2) is 49.8 Å². The van der Waals surface area contributed by atoms with E-state index < -0.39 is 0 Å². The molecule has 0 bridgehead atoms. The highest BCUT2D eigenvalue weighted by molar-refractivity contribution is 4.82. The second kappa shape index (κ2) is 4.40. The maximum Gasteiger partial charge on any atom is 0.0594 e. The molecule has 13 heavy (non-hydrogen) atoms. The summed E-state index contributed by atoms with van der Waals surface area (Å²) in [7, 11) is 0. The van der Waals surface area contributed by atoms with Gasteiger partial charge in [0.1, 0.15) is 0 Å². The lowest BCUT2D eigenvalue weighted by Gasteiger charge is -2.38. The van der Waals surface area contributed by atoms with Gasteiger partial charge in [0, 0.05) is 31.7 Å². The van der Waals surface area contributed by atoms with Gasteiger partial charge in [-0.1, -0.05) is 0 Å². The summed E-state index contributed by atoms with van der Waals surface area (Å²) in [5.74, 6) is 0. The van der Waals surface area contributed by atoms with Crippen LogP contribution in [-0.2, 0) is 4.74 Å². The van der Waals surface area contributed by atoms with E-state index in [0.717, 1.165) is 38.4 Å². The standard InChI is InChI=1S/C10H20N2O/c1-9-2-3-10(8-11-9)12-4-6-13-7-5-12/h9-11H,2-8H2,1H3. The molecular weight excluding hydrogens is 164 g/mol. The van der Waals surface area contributed by atoms with Crippen LogP contribution >= 0.6 is 0 Å². The molecule has 1 N–H and O–H groups in total. The lowest BCUT2D eigenvalue weighted by atomic mass is 10.0. The molecule has 2 aliphatic rings. The van der Waals surface area contributed by atoms with Gasteiger partial charge in [-0.2, -0.15) is 0 Å². The van der Waals surface area contributed by atoms with E-state index in [1.165, 1.54) is 19.4 Å². The van der Waals surface area contributed by atoms with Crippen LogP contribution in [0.25, 0.3) is 0 Å². The number of hydrogen-bond acceptors (Lipinski definition) is 3. The van der Waals surface area contributed by atoms with Crippen LogP contribution < -0.4 is 5.32 Å². The van der Waals surface area contributed by atoms with Crippen molar-refractivity contribution in [2.24, 2.45) is 0 Å². The van der Waals surface area contributed by atoms with E-state index in [9.17, 15) is 0 Å². The first kappa shape index (κ1) is 9.44. The van der Waals surface area contributed by atoms with Gasteiger partial charge in [0.15, 0.2) is 0 Å². The third-order valence-corrected chi connectivity index (χ3v) is 3.20. The number of nitrogens with one attached hydrogen (secondary N) is 1. The zero-order valence-corrected chi connectivity index (χ0v) is 8.46. The average molecular weight is 184 g/mol. The van der Waals surface area contributed by atoms with Crippen LogP contribution in [0.15, 0.2) is 0 Å². The Kier molecular flexibility index (Phi) is 3.19. The van der Waals surface area contributed by atoms with Gasteiger partial charge >= 0.3 is 0 Å². The summed E-state index contributed by atoms with van der Waals surface area (Å²) in [5.41, 5.74) is 0. The first-order valence-electron chi connectivity index (χ1n) is 5.41. The highest BCUT2D eigenvalue weighted by Crippen LogP contribution is 2.14. The first-order valence-corrected chi connectivity index (χ1v) is 5.41. The molecule has 0 aromatic rings. The molecule has 3 heteroatoms. The number of rotatable bonds is 1. The Morgan fingerprint density at radius 3 is 2.62 bits per heavy atom. The SMILES string of the molecule is CC1CCC(N2CCOCC2)CN1. The number of piperidine rings is 1. The molecule has 0 saturated carbocycles. The Morgan fingerprint density at radius 2 is 2.00 bits per heavy atom. The van der Waals surface area contributed by atoms with Crippen molar-refractivity contribution in [3.63, 3.8) is 0 Å². The van der Waals surface area contributed by atoms with Gasteiger partial charge in [-0.3, -0.25) is 4.90 Å². The van der Waals surface area contributed by atoms with Gasteiger partial charge in [-0.05, 0) is 19.8 Å². The molecule has 0 aromatic carbocycles. The number of nitrogens with zero attached hydrogens (tertiary/aromatic N) is 1. The lowest BCUT2D eigenvalue weighted by molar-refractivity contribution is 0.00960. The molecule has 0 radical (unpaired) electrons. The molecular formula is C10H20N2O. The predicted octanol–water partition coefficient (Wildman–Crippen LogP) is 0.459. The molecule has 2 unspecified atom stereocenters. The zero-order valence-electron chi connectivity index (χ0n) is 8.46. The highest BCUT2D eigenvalue weighted by Gasteiger charge is 2.24. The van der Waals surface area contributed by atoms with E-state index in [0.29, 0.717) is 0 Å². The van der Waals surface area contributed by atoms with Crippen molar-refractivity contribution in [2.75, 3.05) is 32.8 Å². The molecule has 0 aliphatic carbocycles. The maximum atomic E-state index is 5.35. The topological polar surface area (TPSA) is 24.5 Å². The van der Waals surface area contributed by atoms with E-state index >= 15 is 0 Å².